The third-order valence-electron chi connectivity index (χ3n) is 6.44. The fraction of sp³-hybridized carbons (Fsp3) is 0.400. The van der Waals surface area contributed by atoms with Crippen molar-refractivity contribution in [3.63, 3.8) is 0 Å². The van der Waals surface area contributed by atoms with Crippen LogP contribution in [0.15, 0.2) is 53.4 Å². The highest BCUT2D eigenvalue weighted by Gasteiger charge is 2.27. The number of hydrogen-bond acceptors (Lipinski definition) is 6. The van der Waals surface area contributed by atoms with E-state index in [2.05, 4.69) is 26.5 Å². The van der Waals surface area contributed by atoms with Crippen LogP contribution in [0.4, 0.5) is 5.69 Å². The van der Waals surface area contributed by atoms with Gasteiger partial charge in [-0.2, -0.15) is 10.2 Å². The van der Waals surface area contributed by atoms with Gasteiger partial charge in [0.05, 0.1) is 35.3 Å². The number of aromatic amines is 1. The van der Waals surface area contributed by atoms with E-state index in [1.165, 1.54) is 0 Å². The van der Waals surface area contributed by atoms with Crippen molar-refractivity contribution >= 4 is 17.3 Å². The second-order valence-corrected chi connectivity index (χ2v) is 8.72. The number of aromatic nitrogens is 4. The highest BCUT2D eigenvalue weighted by molar-refractivity contribution is 6.03. The molecule has 3 aromatic rings. The van der Waals surface area contributed by atoms with Crippen molar-refractivity contribution < 1.29 is 13.9 Å². The van der Waals surface area contributed by atoms with E-state index in [9.17, 15) is 4.79 Å². The van der Waals surface area contributed by atoms with Gasteiger partial charge in [-0.1, -0.05) is 12.2 Å². The van der Waals surface area contributed by atoms with Crippen LogP contribution in [0.1, 0.15) is 54.9 Å². The SMILES string of the molecule is CCOC1CCC(n2cc(NC(=O)c3ccc(-c4cn[nH]c4)o3)c(C3=CC=CCN3C)n2)CC1. The van der Waals surface area contributed by atoms with Gasteiger partial charge in [-0.15, -0.1) is 0 Å². The molecule has 9 nitrogen and oxygen atoms in total. The molecule has 1 fully saturated rings. The lowest BCUT2D eigenvalue weighted by Crippen LogP contribution is -2.24. The lowest BCUT2D eigenvalue weighted by Gasteiger charge is -2.28. The maximum Gasteiger partial charge on any atom is 0.291 e. The smallest absolute Gasteiger partial charge is 0.291 e. The minimum absolute atomic E-state index is 0.234. The van der Waals surface area contributed by atoms with Crippen molar-refractivity contribution in [3.05, 3.63) is 60.4 Å². The molecule has 34 heavy (non-hydrogen) atoms. The molecule has 5 rings (SSSR count). The largest absolute Gasteiger partial charge is 0.451 e. The Balaban J connectivity index is 1.39. The molecule has 4 heterocycles. The van der Waals surface area contributed by atoms with E-state index in [1.54, 1.807) is 24.5 Å². The number of carbonyl (C=O) groups is 1. The third kappa shape index (κ3) is 4.56. The van der Waals surface area contributed by atoms with Gasteiger partial charge in [0.15, 0.2) is 5.76 Å². The zero-order chi connectivity index (χ0) is 23.5. The first-order valence-electron chi connectivity index (χ1n) is 11.8. The van der Waals surface area contributed by atoms with E-state index in [0.29, 0.717) is 17.6 Å². The molecule has 1 amide bonds. The lowest BCUT2D eigenvalue weighted by molar-refractivity contribution is 0.0259. The summed E-state index contributed by atoms with van der Waals surface area (Å²) in [6.45, 7) is 3.58. The van der Waals surface area contributed by atoms with Gasteiger partial charge >= 0.3 is 0 Å². The fourth-order valence-corrected chi connectivity index (χ4v) is 4.62. The Hall–Kier alpha value is -3.59. The van der Waals surface area contributed by atoms with E-state index < -0.39 is 0 Å². The molecular weight excluding hydrogens is 432 g/mol. The molecule has 0 aromatic carbocycles. The first-order chi connectivity index (χ1) is 16.6. The topological polar surface area (TPSA) is 101 Å². The standard InChI is InChI=1S/C25H30N6O3/c1-3-33-19-9-7-18(8-10-19)31-16-20(24(29-31)21-6-4-5-13-30(21)2)28-25(32)23-12-11-22(34-23)17-14-26-27-15-17/h4-6,11-12,14-16,18-19H,3,7-10,13H2,1-2H3,(H,26,27)(H,28,32). The van der Waals surface area contributed by atoms with Crippen LogP contribution in [0.25, 0.3) is 17.0 Å². The molecule has 178 valence electrons. The van der Waals surface area contributed by atoms with Crippen LogP contribution in [0.5, 0.6) is 0 Å². The summed E-state index contributed by atoms with van der Waals surface area (Å²) in [5.74, 6) is 0.504. The number of amides is 1. The summed E-state index contributed by atoms with van der Waals surface area (Å²) in [5.41, 5.74) is 3.19. The number of nitrogens with one attached hydrogen (secondary N) is 2. The number of allylic oxidation sites excluding steroid dienone is 2. The molecule has 0 unspecified atom stereocenters. The Morgan fingerprint density at radius 1 is 1.29 bits per heavy atom. The van der Waals surface area contributed by atoms with Crippen LogP contribution in [-0.4, -0.2) is 57.1 Å². The van der Waals surface area contributed by atoms with Crippen LogP contribution in [0.3, 0.4) is 0 Å². The minimum atomic E-state index is -0.315. The van der Waals surface area contributed by atoms with Gasteiger partial charge in [0.1, 0.15) is 11.5 Å². The number of anilines is 1. The molecule has 1 aliphatic heterocycles. The van der Waals surface area contributed by atoms with Crippen molar-refractivity contribution in [3.8, 4) is 11.3 Å². The molecule has 1 saturated carbocycles. The number of hydrogen-bond donors (Lipinski definition) is 2. The number of rotatable bonds is 7. The molecule has 0 radical (unpaired) electrons. The van der Waals surface area contributed by atoms with Gasteiger partial charge in [-0.05, 0) is 50.8 Å². The van der Waals surface area contributed by atoms with Crippen LogP contribution >= 0.6 is 0 Å². The minimum Gasteiger partial charge on any atom is -0.451 e. The Bertz CT molecular complexity index is 1180. The molecule has 2 aliphatic rings. The summed E-state index contributed by atoms with van der Waals surface area (Å²) in [6.07, 6.45) is 15.8. The quantitative estimate of drug-likeness (QED) is 0.537. The summed E-state index contributed by atoms with van der Waals surface area (Å²) in [4.78, 5) is 15.2. The summed E-state index contributed by atoms with van der Waals surface area (Å²) in [7, 11) is 2.02. The van der Waals surface area contributed by atoms with Gasteiger partial charge in [0, 0.05) is 32.6 Å². The van der Waals surface area contributed by atoms with Crippen LogP contribution in [0.2, 0.25) is 0 Å². The van der Waals surface area contributed by atoms with E-state index >= 15 is 0 Å². The molecule has 0 saturated heterocycles. The summed E-state index contributed by atoms with van der Waals surface area (Å²) in [6, 6.07) is 3.72. The molecular formula is C25H30N6O3. The van der Waals surface area contributed by atoms with Crippen molar-refractivity contribution in [2.45, 2.75) is 44.8 Å². The molecule has 0 spiro atoms. The van der Waals surface area contributed by atoms with Crippen molar-refractivity contribution in [1.29, 1.82) is 0 Å². The first-order valence-corrected chi connectivity index (χ1v) is 11.8. The van der Waals surface area contributed by atoms with Gasteiger partial charge in [-0.25, -0.2) is 0 Å². The predicted octanol–water partition coefficient (Wildman–Crippen LogP) is 4.48. The second kappa shape index (κ2) is 9.72. The highest BCUT2D eigenvalue weighted by Crippen LogP contribution is 2.34. The molecule has 9 heteroatoms. The Labute approximate surface area is 198 Å². The van der Waals surface area contributed by atoms with Crippen LogP contribution < -0.4 is 5.32 Å². The van der Waals surface area contributed by atoms with Crippen LogP contribution in [-0.2, 0) is 4.74 Å². The van der Waals surface area contributed by atoms with Crippen molar-refractivity contribution in [1.82, 2.24) is 24.9 Å². The predicted molar refractivity (Wildman–Crippen MR) is 129 cm³/mol. The number of nitrogens with zero attached hydrogens (tertiary/aromatic N) is 4. The molecule has 0 bridgehead atoms. The normalized spacial score (nSPS) is 20.4. The second-order valence-electron chi connectivity index (χ2n) is 8.72. The van der Waals surface area contributed by atoms with Crippen LogP contribution in [0, 0.1) is 0 Å². The van der Waals surface area contributed by atoms with Gasteiger partial charge < -0.3 is 19.4 Å². The monoisotopic (exact) mass is 462 g/mol. The zero-order valence-corrected chi connectivity index (χ0v) is 19.5. The average Bonchev–Trinajstić information content (AvgIpc) is 3.61. The Morgan fingerprint density at radius 3 is 2.88 bits per heavy atom. The van der Waals surface area contributed by atoms with E-state index in [4.69, 9.17) is 14.3 Å². The van der Waals surface area contributed by atoms with E-state index in [-0.39, 0.29) is 17.7 Å². The molecule has 2 N–H and O–H groups in total. The molecule has 0 atom stereocenters. The van der Waals surface area contributed by atoms with Crippen molar-refractivity contribution in [2.75, 3.05) is 25.5 Å². The molecule has 1 aliphatic carbocycles. The maximum absolute atomic E-state index is 13.1. The van der Waals surface area contributed by atoms with Gasteiger partial charge in [0.25, 0.3) is 5.91 Å². The molecule has 3 aromatic heterocycles. The number of H-pyrrole nitrogens is 1. The summed E-state index contributed by atoms with van der Waals surface area (Å²) < 4.78 is 13.6. The lowest BCUT2D eigenvalue weighted by atomic mass is 9.93. The van der Waals surface area contributed by atoms with Crippen molar-refractivity contribution in [2.24, 2.45) is 0 Å². The number of furan rings is 1. The summed E-state index contributed by atoms with van der Waals surface area (Å²) in [5, 5.41) is 14.7. The number of ether oxygens (including phenoxy) is 1. The average molecular weight is 463 g/mol. The van der Waals surface area contributed by atoms with Gasteiger partial charge in [0.2, 0.25) is 0 Å². The highest BCUT2D eigenvalue weighted by atomic mass is 16.5. The van der Waals surface area contributed by atoms with Gasteiger partial charge in [-0.3, -0.25) is 14.6 Å². The maximum atomic E-state index is 13.1. The van der Waals surface area contributed by atoms with E-state index in [0.717, 1.165) is 55.8 Å². The number of carbonyl (C=O) groups excluding carboxylic acids is 1. The number of likely N-dealkylation sites (N-methyl/N-ethyl adjacent to an activating group) is 1. The summed E-state index contributed by atoms with van der Waals surface area (Å²) >= 11 is 0. The fourth-order valence-electron chi connectivity index (χ4n) is 4.62. The van der Waals surface area contributed by atoms with E-state index in [1.807, 2.05) is 37.0 Å². The third-order valence-corrected chi connectivity index (χ3v) is 6.44. The Morgan fingerprint density at radius 2 is 2.15 bits per heavy atom. The zero-order valence-electron chi connectivity index (χ0n) is 19.5. The Kier molecular flexibility index (Phi) is 6.35. The first kappa shape index (κ1) is 22.2.